The Morgan fingerprint density at radius 1 is 1.37 bits per heavy atom. The van der Waals surface area contributed by atoms with Crippen molar-refractivity contribution in [3.63, 3.8) is 0 Å². The van der Waals surface area contributed by atoms with E-state index < -0.39 is 11.7 Å². The highest BCUT2D eigenvalue weighted by molar-refractivity contribution is 6.33. The Kier molecular flexibility index (Phi) is 2.79. The Morgan fingerprint density at radius 3 is 2.53 bits per heavy atom. The first-order chi connectivity index (χ1) is 8.97. The second kappa shape index (κ2) is 4.25. The van der Waals surface area contributed by atoms with Gasteiger partial charge in [0.15, 0.2) is 5.60 Å². The SMILES string of the molecule is O=C1NCC2(CN(C(=O)c3cc(Cl)nc(Cl)c3)C2)O1. The molecule has 3 heterocycles. The van der Waals surface area contributed by atoms with Crippen molar-refractivity contribution in [3.8, 4) is 0 Å². The van der Waals surface area contributed by atoms with Gasteiger partial charge in [-0.05, 0) is 12.1 Å². The minimum absolute atomic E-state index is 0.167. The molecule has 1 aromatic rings. The van der Waals surface area contributed by atoms with Crippen molar-refractivity contribution in [3.05, 3.63) is 28.0 Å². The monoisotopic (exact) mass is 301 g/mol. The number of halogens is 2. The molecule has 0 aromatic carbocycles. The standard InChI is InChI=1S/C11H9Cl2N3O3/c12-7-1-6(2-8(13)15-7)9(17)16-4-11(5-16)3-14-10(18)19-11/h1-2H,3-5H2,(H,14,18). The van der Waals surface area contributed by atoms with E-state index >= 15 is 0 Å². The summed E-state index contributed by atoms with van der Waals surface area (Å²) in [5, 5.41) is 2.91. The number of nitrogens with one attached hydrogen (secondary N) is 1. The van der Waals surface area contributed by atoms with Crippen LogP contribution in [0.5, 0.6) is 0 Å². The molecule has 0 bridgehead atoms. The third-order valence-electron chi connectivity index (χ3n) is 3.12. The highest BCUT2D eigenvalue weighted by Crippen LogP contribution is 2.30. The van der Waals surface area contributed by atoms with E-state index in [1.165, 1.54) is 12.1 Å². The maximum atomic E-state index is 12.2. The third kappa shape index (κ3) is 2.21. The third-order valence-corrected chi connectivity index (χ3v) is 3.51. The summed E-state index contributed by atoms with van der Waals surface area (Å²) in [6.45, 7) is 1.15. The van der Waals surface area contributed by atoms with Gasteiger partial charge >= 0.3 is 6.09 Å². The van der Waals surface area contributed by atoms with Crippen LogP contribution in [0.4, 0.5) is 4.79 Å². The molecule has 0 aliphatic carbocycles. The highest BCUT2D eigenvalue weighted by Gasteiger charge is 2.52. The van der Waals surface area contributed by atoms with Crippen LogP contribution in [0.2, 0.25) is 10.3 Å². The van der Waals surface area contributed by atoms with E-state index in [2.05, 4.69) is 10.3 Å². The number of aromatic nitrogens is 1. The van der Waals surface area contributed by atoms with Gasteiger partial charge in [0.2, 0.25) is 0 Å². The molecule has 0 radical (unpaired) electrons. The fourth-order valence-corrected chi connectivity index (χ4v) is 2.70. The van der Waals surface area contributed by atoms with Gasteiger partial charge in [-0.2, -0.15) is 0 Å². The Bertz CT molecular complexity index is 552. The van der Waals surface area contributed by atoms with E-state index in [9.17, 15) is 9.59 Å². The maximum absolute atomic E-state index is 12.2. The smallest absolute Gasteiger partial charge is 0.408 e. The van der Waals surface area contributed by atoms with Gasteiger partial charge in [0.1, 0.15) is 10.3 Å². The summed E-state index contributed by atoms with van der Waals surface area (Å²) >= 11 is 11.5. The number of ether oxygens (including phenoxy) is 1. The molecule has 0 saturated carbocycles. The van der Waals surface area contributed by atoms with Crippen LogP contribution in [0.1, 0.15) is 10.4 Å². The predicted molar refractivity (Wildman–Crippen MR) is 67.4 cm³/mol. The summed E-state index contributed by atoms with van der Waals surface area (Å²) in [4.78, 5) is 28.5. The molecule has 2 aliphatic rings. The van der Waals surface area contributed by atoms with Gasteiger partial charge in [-0.1, -0.05) is 23.2 Å². The van der Waals surface area contributed by atoms with Crippen LogP contribution in [-0.4, -0.2) is 47.1 Å². The molecule has 2 saturated heterocycles. The second-order valence-electron chi connectivity index (χ2n) is 4.59. The van der Waals surface area contributed by atoms with Crippen molar-refractivity contribution in [2.45, 2.75) is 5.60 Å². The minimum atomic E-state index is -0.576. The van der Waals surface area contributed by atoms with Crippen molar-refractivity contribution in [2.24, 2.45) is 0 Å². The molecule has 19 heavy (non-hydrogen) atoms. The van der Waals surface area contributed by atoms with Crippen LogP contribution in [0.15, 0.2) is 12.1 Å². The number of alkyl carbamates (subject to hydrolysis) is 1. The van der Waals surface area contributed by atoms with Crippen LogP contribution in [0.25, 0.3) is 0 Å². The van der Waals surface area contributed by atoms with Gasteiger partial charge in [0.25, 0.3) is 5.91 Å². The van der Waals surface area contributed by atoms with E-state index in [1.807, 2.05) is 0 Å². The second-order valence-corrected chi connectivity index (χ2v) is 5.36. The summed E-state index contributed by atoms with van der Waals surface area (Å²) < 4.78 is 5.14. The first kappa shape index (κ1) is 12.5. The number of hydrogen-bond donors (Lipinski definition) is 1. The van der Waals surface area contributed by atoms with Crippen LogP contribution in [-0.2, 0) is 4.74 Å². The lowest BCUT2D eigenvalue weighted by Gasteiger charge is -2.45. The Morgan fingerprint density at radius 2 is 2.00 bits per heavy atom. The molecule has 2 aliphatic heterocycles. The quantitative estimate of drug-likeness (QED) is 0.794. The Labute approximate surface area is 118 Å². The van der Waals surface area contributed by atoms with E-state index in [4.69, 9.17) is 27.9 Å². The van der Waals surface area contributed by atoms with E-state index in [0.29, 0.717) is 25.2 Å². The fourth-order valence-electron chi connectivity index (χ4n) is 2.24. The highest BCUT2D eigenvalue weighted by atomic mass is 35.5. The number of amides is 2. The summed E-state index contributed by atoms with van der Waals surface area (Å²) in [6.07, 6.45) is -0.443. The van der Waals surface area contributed by atoms with Gasteiger partial charge in [-0.3, -0.25) is 4.79 Å². The van der Waals surface area contributed by atoms with E-state index in [-0.39, 0.29) is 16.2 Å². The molecular weight excluding hydrogens is 293 g/mol. The molecular formula is C11H9Cl2N3O3. The average molecular weight is 302 g/mol. The van der Waals surface area contributed by atoms with E-state index in [0.717, 1.165) is 0 Å². The fraction of sp³-hybridized carbons (Fsp3) is 0.364. The molecule has 8 heteroatoms. The van der Waals surface area contributed by atoms with Gasteiger partial charge in [-0.25, -0.2) is 9.78 Å². The molecule has 6 nitrogen and oxygen atoms in total. The summed E-state index contributed by atoms with van der Waals surface area (Å²) in [6, 6.07) is 2.92. The number of nitrogens with zero attached hydrogens (tertiary/aromatic N) is 2. The average Bonchev–Trinajstić information content (AvgIpc) is 2.67. The Balaban J connectivity index is 1.71. The normalized spacial score (nSPS) is 19.9. The van der Waals surface area contributed by atoms with Crippen molar-refractivity contribution >= 4 is 35.2 Å². The van der Waals surface area contributed by atoms with Gasteiger partial charge in [-0.15, -0.1) is 0 Å². The molecule has 1 aromatic heterocycles. The zero-order valence-corrected chi connectivity index (χ0v) is 11.2. The number of pyridine rings is 1. The van der Waals surface area contributed by atoms with Gasteiger partial charge in [0.05, 0.1) is 19.6 Å². The first-order valence-corrected chi connectivity index (χ1v) is 6.32. The topological polar surface area (TPSA) is 71.5 Å². The van der Waals surface area contributed by atoms with Crippen LogP contribution >= 0.6 is 23.2 Å². The minimum Gasteiger partial charge on any atom is -0.437 e. The lowest BCUT2D eigenvalue weighted by molar-refractivity contribution is -0.0575. The summed E-state index contributed by atoms with van der Waals surface area (Å²) in [7, 11) is 0. The predicted octanol–water partition coefficient (Wildman–Crippen LogP) is 1.32. The van der Waals surface area contributed by atoms with Crippen molar-refractivity contribution in [2.75, 3.05) is 19.6 Å². The van der Waals surface area contributed by atoms with Gasteiger partial charge in [0, 0.05) is 5.56 Å². The number of rotatable bonds is 1. The summed E-state index contributed by atoms with van der Waals surface area (Å²) in [5.74, 6) is -0.209. The lowest BCUT2D eigenvalue weighted by atomic mass is 9.93. The Hall–Kier alpha value is -1.53. The first-order valence-electron chi connectivity index (χ1n) is 5.57. The zero-order chi connectivity index (χ0) is 13.6. The summed E-state index contributed by atoms with van der Waals surface area (Å²) in [5.41, 5.74) is -0.204. The van der Waals surface area contributed by atoms with Crippen LogP contribution in [0.3, 0.4) is 0 Å². The van der Waals surface area contributed by atoms with E-state index in [1.54, 1.807) is 4.90 Å². The number of carbonyl (C=O) groups excluding carboxylic acids is 2. The molecule has 2 amide bonds. The number of carbonyl (C=O) groups is 2. The van der Waals surface area contributed by atoms with Crippen molar-refractivity contribution in [1.82, 2.24) is 15.2 Å². The molecule has 1 N–H and O–H groups in total. The zero-order valence-electron chi connectivity index (χ0n) is 9.65. The molecule has 1 spiro atoms. The van der Waals surface area contributed by atoms with Crippen molar-refractivity contribution in [1.29, 1.82) is 0 Å². The molecule has 0 unspecified atom stereocenters. The molecule has 0 atom stereocenters. The number of hydrogen-bond acceptors (Lipinski definition) is 4. The number of likely N-dealkylation sites (tertiary alicyclic amines) is 1. The van der Waals surface area contributed by atoms with Crippen LogP contribution < -0.4 is 5.32 Å². The van der Waals surface area contributed by atoms with Crippen LogP contribution in [0, 0.1) is 0 Å². The molecule has 100 valence electrons. The van der Waals surface area contributed by atoms with Gasteiger partial charge < -0.3 is 15.0 Å². The largest absolute Gasteiger partial charge is 0.437 e. The maximum Gasteiger partial charge on any atom is 0.408 e. The lowest BCUT2D eigenvalue weighted by Crippen LogP contribution is -2.65. The van der Waals surface area contributed by atoms with Crippen molar-refractivity contribution < 1.29 is 14.3 Å². The molecule has 2 fully saturated rings. The molecule has 3 rings (SSSR count).